The number of hydrogen-bond acceptors (Lipinski definition) is 4. The molecule has 0 spiro atoms. The van der Waals surface area contributed by atoms with Crippen LogP contribution in [-0.2, 0) is 0 Å². The summed E-state index contributed by atoms with van der Waals surface area (Å²) >= 11 is 1.47. The molecule has 0 amide bonds. The van der Waals surface area contributed by atoms with Crippen LogP contribution in [0.3, 0.4) is 0 Å². The van der Waals surface area contributed by atoms with Crippen molar-refractivity contribution in [3.05, 3.63) is 15.9 Å². The van der Waals surface area contributed by atoms with Gasteiger partial charge in [-0.1, -0.05) is 39.5 Å². The Morgan fingerprint density at radius 1 is 1.35 bits per heavy atom. The maximum Gasteiger partial charge on any atom is 0.258 e. The molecule has 96 valence electrons. The molecule has 1 rings (SSSR count). The van der Waals surface area contributed by atoms with Gasteiger partial charge in [-0.3, -0.25) is 4.79 Å². The number of aromatic hydroxyl groups is 1. The van der Waals surface area contributed by atoms with Crippen LogP contribution < -0.4 is 5.56 Å². The van der Waals surface area contributed by atoms with Gasteiger partial charge in [-0.25, -0.2) is 0 Å². The second kappa shape index (κ2) is 6.10. The van der Waals surface area contributed by atoms with Gasteiger partial charge in [0.15, 0.2) is 5.16 Å². The van der Waals surface area contributed by atoms with Crippen LogP contribution in [0.2, 0.25) is 0 Å². The molecule has 0 aliphatic rings. The average Bonchev–Trinajstić information content (AvgIpc) is 2.27. The van der Waals surface area contributed by atoms with E-state index < -0.39 is 0 Å². The maximum absolute atomic E-state index is 11.9. The minimum atomic E-state index is -0.224. The fourth-order valence-electron chi connectivity index (χ4n) is 1.43. The van der Waals surface area contributed by atoms with Crippen molar-refractivity contribution < 1.29 is 5.11 Å². The van der Waals surface area contributed by atoms with E-state index >= 15 is 0 Å². The minimum Gasteiger partial charge on any atom is -0.493 e. The molecule has 2 unspecified atom stereocenters. The van der Waals surface area contributed by atoms with E-state index in [-0.39, 0.29) is 17.4 Å². The van der Waals surface area contributed by atoms with Crippen molar-refractivity contribution in [3.63, 3.8) is 0 Å². The molecule has 0 bridgehead atoms. The number of hydrogen-bond donors (Lipinski definition) is 2. The fraction of sp³-hybridized carbons (Fsp3) is 0.667. The van der Waals surface area contributed by atoms with Gasteiger partial charge in [0.05, 0.1) is 5.56 Å². The number of nitrogens with zero attached hydrogens (tertiary/aromatic N) is 1. The van der Waals surface area contributed by atoms with Gasteiger partial charge in [-0.05, 0) is 18.8 Å². The summed E-state index contributed by atoms with van der Waals surface area (Å²) in [4.78, 5) is 18.6. The highest BCUT2D eigenvalue weighted by Gasteiger charge is 2.16. The fourth-order valence-corrected chi connectivity index (χ4v) is 2.27. The average molecular weight is 256 g/mol. The Hall–Kier alpha value is -0.970. The summed E-state index contributed by atoms with van der Waals surface area (Å²) < 4.78 is 0. The van der Waals surface area contributed by atoms with Crippen LogP contribution in [-0.4, -0.2) is 20.3 Å². The van der Waals surface area contributed by atoms with Crippen LogP contribution >= 0.6 is 11.8 Å². The maximum atomic E-state index is 11.9. The number of H-pyrrole nitrogens is 1. The summed E-state index contributed by atoms with van der Waals surface area (Å²) in [5.41, 5.74) is 0.165. The third kappa shape index (κ3) is 3.49. The van der Waals surface area contributed by atoms with E-state index in [2.05, 4.69) is 23.8 Å². The molecule has 5 heteroatoms. The lowest BCUT2D eigenvalue weighted by atomic mass is 10.0. The number of nitrogens with one attached hydrogen (secondary N) is 1. The zero-order valence-corrected chi connectivity index (χ0v) is 11.6. The molecule has 1 aromatic rings. The van der Waals surface area contributed by atoms with Gasteiger partial charge in [0.1, 0.15) is 0 Å². The van der Waals surface area contributed by atoms with E-state index in [9.17, 15) is 9.90 Å². The highest BCUT2D eigenvalue weighted by atomic mass is 32.2. The molecule has 0 aromatic carbocycles. The molecule has 0 radical (unpaired) electrons. The van der Waals surface area contributed by atoms with Gasteiger partial charge in [0, 0.05) is 5.25 Å². The SMILES string of the molecule is CCC(C)Sc1nc(O)c(C(C)CC)c(=O)[nH]1. The minimum absolute atomic E-state index is 0.0221. The molecule has 0 aliphatic carbocycles. The zero-order chi connectivity index (χ0) is 13.0. The first-order valence-corrected chi connectivity index (χ1v) is 6.87. The quantitative estimate of drug-likeness (QED) is 0.628. The summed E-state index contributed by atoms with van der Waals surface area (Å²) in [5, 5.41) is 10.7. The van der Waals surface area contributed by atoms with Crippen molar-refractivity contribution in [3.8, 4) is 5.88 Å². The second-order valence-electron chi connectivity index (χ2n) is 4.25. The van der Waals surface area contributed by atoms with E-state index in [0.29, 0.717) is 16.0 Å². The second-order valence-corrected chi connectivity index (χ2v) is 5.68. The molecule has 1 aromatic heterocycles. The first-order chi connectivity index (χ1) is 7.99. The number of aromatic amines is 1. The predicted octanol–water partition coefficient (Wildman–Crippen LogP) is 2.88. The Bertz CT molecular complexity index is 431. The third-order valence-electron chi connectivity index (χ3n) is 2.91. The Labute approximate surface area is 106 Å². The van der Waals surface area contributed by atoms with Crippen molar-refractivity contribution >= 4 is 11.8 Å². The Kier molecular flexibility index (Phi) is 5.05. The van der Waals surface area contributed by atoms with Crippen molar-refractivity contribution in [1.29, 1.82) is 0 Å². The number of thioether (sulfide) groups is 1. The number of aromatic nitrogens is 2. The summed E-state index contributed by atoms with van der Waals surface area (Å²) in [6.07, 6.45) is 1.79. The zero-order valence-electron chi connectivity index (χ0n) is 10.8. The molecule has 0 saturated heterocycles. The Balaban J connectivity index is 3.05. The lowest BCUT2D eigenvalue weighted by molar-refractivity contribution is 0.429. The molecule has 0 saturated carbocycles. The van der Waals surface area contributed by atoms with Crippen LogP contribution in [0.4, 0.5) is 0 Å². The molecule has 0 aliphatic heterocycles. The summed E-state index contributed by atoms with van der Waals surface area (Å²) in [6.45, 7) is 8.02. The van der Waals surface area contributed by atoms with Crippen LogP contribution in [0.1, 0.15) is 52.0 Å². The van der Waals surface area contributed by atoms with Crippen molar-refractivity contribution in [2.24, 2.45) is 0 Å². The summed E-state index contributed by atoms with van der Waals surface area (Å²) in [6, 6.07) is 0. The van der Waals surface area contributed by atoms with E-state index in [4.69, 9.17) is 0 Å². The van der Waals surface area contributed by atoms with E-state index in [1.807, 2.05) is 13.8 Å². The lowest BCUT2D eigenvalue weighted by Gasteiger charge is -2.11. The predicted molar refractivity (Wildman–Crippen MR) is 70.8 cm³/mol. The van der Waals surface area contributed by atoms with Crippen LogP contribution in [0.25, 0.3) is 0 Å². The molecule has 4 nitrogen and oxygen atoms in total. The highest BCUT2D eigenvalue weighted by molar-refractivity contribution is 7.99. The number of rotatable bonds is 5. The topological polar surface area (TPSA) is 66.0 Å². The standard InChI is InChI=1S/C12H20N2O2S/c1-5-7(3)9-10(15)13-12(14-11(9)16)17-8(4)6-2/h7-8H,5-6H2,1-4H3,(H2,13,14,15,16). The summed E-state index contributed by atoms with van der Waals surface area (Å²) in [5.74, 6) is -0.109. The first kappa shape index (κ1) is 14.1. The summed E-state index contributed by atoms with van der Waals surface area (Å²) in [7, 11) is 0. The lowest BCUT2D eigenvalue weighted by Crippen LogP contribution is -2.17. The van der Waals surface area contributed by atoms with E-state index in [1.165, 1.54) is 11.8 Å². The molecule has 2 atom stereocenters. The van der Waals surface area contributed by atoms with E-state index in [1.54, 1.807) is 0 Å². The van der Waals surface area contributed by atoms with Gasteiger partial charge < -0.3 is 10.1 Å². The Morgan fingerprint density at radius 2 is 2.00 bits per heavy atom. The van der Waals surface area contributed by atoms with Crippen molar-refractivity contribution in [2.45, 2.75) is 56.9 Å². The monoisotopic (exact) mass is 256 g/mol. The Morgan fingerprint density at radius 3 is 2.47 bits per heavy atom. The van der Waals surface area contributed by atoms with Gasteiger partial charge in [0.2, 0.25) is 5.88 Å². The molecular weight excluding hydrogens is 236 g/mol. The van der Waals surface area contributed by atoms with Gasteiger partial charge in [-0.2, -0.15) is 4.98 Å². The van der Waals surface area contributed by atoms with Gasteiger partial charge in [0.25, 0.3) is 5.56 Å². The van der Waals surface area contributed by atoms with Gasteiger partial charge in [-0.15, -0.1) is 0 Å². The first-order valence-electron chi connectivity index (χ1n) is 5.99. The van der Waals surface area contributed by atoms with E-state index in [0.717, 1.165) is 12.8 Å². The smallest absolute Gasteiger partial charge is 0.258 e. The van der Waals surface area contributed by atoms with Gasteiger partial charge >= 0.3 is 0 Å². The normalized spacial score (nSPS) is 14.6. The molecule has 1 heterocycles. The molecule has 2 N–H and O–H groups in total. The molecule has 17 heavy (non-hydrogen) atoms. The van der Waals surface area contributed by atoms with Crippen molar-refractivity contribution in [1.82, 2.24) is 9.97 Å². The van der Waals surface area contributed by atoms with Crippen LogP contribution in [0.5, 0.6) is 5.88 Å². The largest absolute Gasteiger partial charge is 0.493 e. The third-order valence-corrected chi connectivity index (χ3v) is 4.06. The molecular formula is C12H20N2O2S. The highest BCUT2D eigenvalue weighted by Crippen LogP contribution is 2.26. The van der Waals surface area contributed by atoms with Crippen molar-refractivity contribution in [2.75, 3.05) is 0 Å². The molecule has 0 fully saturated rings. The van der Waals surface area contributed by atoms with Crippen LogP contribution in [0.15, 0.2) is 9.95 Å². The van der Waals surface area contributed by atoms with Crippen LogP contribution in [0, 0.1) is 0 Å².